The highest BCUT2D eigenvalue weighted by Crippen LogP contribution is 2.28. The molecule has 0 amide bonds. The van der Waals surface area contributed by atoms with Crippen LogP contribution in [0.2, 0.25) is 104 Å². The van der Waals surface area contributed by atoms with E-state index in [1.807, 2.05) is 0 Å². The van der Waals surface area contributed by atoms with Gasteiger partial charge in [-0.3, -0.25) is 0 Å². The summed E-state index contributed by atoms with van der Waals surface area (Å²) in [6, 6.07) is 2.01. The summed E-state index contributed by atoms with van der Waals surface area (Å²) < 4.78 is 38.3. The molecule has 0 spiro atoms. The van der Waals surface area contributed by atoms with E-state index in [4.69, 9.17) is 25.9 Å². The molecule has 43 heavy (non-hydrogen) atoms. The zero-order valence-corrected chi connectivity index (χ0v) is 36.7. The molecule has 0 atom stereocenters. The maximum absolute atomic E-state index is 10.1. The molecule has 0 unspecified atom stereocenters. The Morgan fingerprint density at radius 3 is 0.930 bits per heavy atom. The monoisotopic (exact) mass is 716 g/mol. The van der Waals surface area contributed by atoms with Crippen LogP contribution >= 0.6 is 0 Å². The van der Waals surface area contributed by atoms with Gasteiger partial charge in [0.1, 0.15) is 0 Å². The minimum absolute atomic E-state index is 0.165. The first-order valence-electron chi connectivity index (χ1n) is 16.5. The molecular formula is C29H72O8Si6. The SMILES string of the molecule is C[Si](C)(C)O[Si](C)(CCCCCOCC(CO)(CO)COCCCCC[Si](C)(O[Si](C)(C)C)O[Si](C)(C)C)O[Si](C)(C)C. The number of unbranched alkanes of at least 4 members (excludes halogenated alkanes) is 4. The zero-order chi connectivity index (χ0) is 33.6. The first-order chi connectivity index (χ1) is 19.4. The van der Waals surface area contributed by atoms with Gasteiger partial charge < -0.3 is 36.1 Å². The summed E-state index contributed by atoms with van der Waals surface area (Å²) in [5, 5.41) is 20.1. The third-order valence-electron chi connectivity index (χ3n) is 6.41. The van der Waals surface area contributed by atoms with E-state index in [0.717, 1.165) is 50.6 Å². The van der Waals surface area contributed by atoms with Gasteiger partial charge in [0.25, 0.3) is 0 Å². The van der Waals surface area contributed by atoms with E-state index in [0.29, 0.717) is 13.2 Å². The fourth-order valence-electron chi connectivity index (χ4n) is 5.34. The van der Waals surface area contributed by atoms with E-state index < -0.39 is 55.8 Å². The molecule has 0 aromatic carbocycles. The Hall–Kier alpha value is 0.981. The van der Waals surface area contributed by atoms with Gasteiger partial charge in [0.2, 0.25) is 0 Å². The van der Waals surface area contributed by atoms with Crippen molar-refractivity contribution >= 4 is 50.4 Å². The predicted molar refractivity (Wildman–Crippen MR) is 197 cm³/mol. The van der Waals surface area contributed by atoms with Gasteiger partial charge in [-0.15, -0.1) is 0 Å². The van der Waals surface area contributed by atoms with Crippen LogP contribution in [0, 0.1) is 5.41 Å². The minimum atomic E-state index is -2.19. The fourth-order valence-corrected chi connectivity index (χ4v) is 30.6. The molecule has 0 radical (unpaired) electrons. The molecule has 8 nitrogen and oxygen atoms in total. The second kappa shape index (κ2) is 19.1. The van der Waals surface area contributed by atoms with Crippen molar-refractivity contribution in [2.45, 2.75) is 142 Å². The van der Waals surface area contributed by atoms with Crippen LogP contribution in [0.5, 0.6) is 0 Å². The maximum atomic E-state index is 10.1. The molecule has 0 aliphatic heterocycles. The third-order valence-corrected chi connectivity index (χ3v) is 25.6. The maximum Gasteiger partial charge on any atom is 0.314 e. The van der Waals surface area contributed by atoms with Gasteiger partial charge in [-0.05, 0) is 117 Å². The van der Waals surface area contributed by atoms with Crippen molar-refractivity contribution < 1.29 is 36.1 Å². The summed E-state index contributed by atoms with van der Waals surface area (Å²) in [7, 11) is -11.1. The van der Waals surface area contributed by atoms with Gasteiger partial charge >= 0.3 is 17.1 Å². The lowest BCUT2D eigenvalue weighted by molar-refractivity contribution is -0.0776. The topological polar surface area (TPSA) is 95.8 Å². The van der Waals surface area contributed by atoms with E-state index in [9.17, 15) is 10.2 Å². The molecule has 260 valence electrons. The lowest BCUT2D eigenvalue weighted by atomic mass is 9.92. The van der Waals surface area contributed by atoms with Gasteiger partial charge in [0.05, 0.1) is 31.8 Å². The number of aliphatic hydroxyl groups excluding tert-OH is 2. The van der Waals surface area contributed by atoms with Crippen molar-refractivity contribution in [2.24, 2.45) is 5.41 Å². The van der Waals surface area contributed by atoms with Gasteiger partial charge in [-0.1, -0.05) is 25.7 Å². The summed E-state index contributed by atoms with van der Waals surface area (Å²) in [6.45, 7) is 32.8. The molecule has 0 fully saturated rings. The van der Waals surface area contributed by atoms with E-state index in [-0.39, 0.29) is 26.4 Å². The molecule has 0 aromatic heterocycles. The van der Waals surface area contributed by atoms with Crippen LogP contribution in [0.4, 0.5) is 0 Å². The molecular weight excluding hydrogens is 645 g/mol. The summed E-state index contributed by atoms with van der Waals surface area (Å²) in [5.74, 6) is 0. The molecule has 14 heteroatoms. The van der Waals surface area contributed by atoms with Gasteiger partial charge in [0.15, 0.2) is 33.3 Å². The number of hydrogen-bond donors (Lipinski definition) is 2. The van der Waals surface area contributed by atoms with Crippen molar-refractivity contribution in [3.8, 4) is 0 Å². The summed E-state index contributed by atoms with van der Waals surface area (Å²) in [4.78, 5) is 0. The molecule has 0 aliphatic carbocycles. The number of hydrogen-bond acceptors (Lipinski definition) is 8. The van der Waals surface area contributed by atoms with Crippen LogP contribution in [0.25, 0.3) is 0 Å². The highest BCUT2D eigenvalue weighted by atomic mass is 28.5. The molecule has 0 aromatic rings. The van der Waals surface area contributed by atoms with Crippen molar-refractivity contribution in [1.29, 1.82) is 0 Å². The Balaban J connectivity index is 4.48. The highest BCUT2D eigenvalue weighted by Gasteiger charge is 2.41. The predicted octanol–water partition coefficient (Wildman–Crippen LogP) is 7.88. The Labute approximate surface area is 272 Å². The lowest BCUT2D eigenvalue weighted by Crippen LogP contribution is -2.52. The van der Waals surface area contributed by atoms with Crippen LogP contribution in [0.3, 0.4) is 0 Å². The molecule has 0 saturated carbocycles. The molecule has 0 heterocycles. The Kier molecular flexibility index (Phi) is 19.5. The second-order valence-corrected chi connectivity index (χ2v) is 42.4. The smallest absolute Gasteiger partial charge is 0.314 e. The van der Waals surface area contributed by atoms with Crippen LogP contribution in [-0.2, 0) is 25.9 Å². The minimum Gasteiger partial charge on any atom is -0.437 e. The fraction of sp³-hybridized carbons (Fsp3) is 1.00. The van der Waals surface area contributed by atoms with E-state index in [2.05, 4.69) is 91.7 Å². The normalized spacial score (nSPS) is 14.5. The first kappa shape index (κ1) is 44.0. The molecule has 0 aliphatic rings. The average Bonchev–Trinajstić information content (AvgIpc) is 2.76. The Morgan fingerprint density at radius 2 is 0.698 bits per heavy atom. The summed E-state index contributed by atoms with van der Waals surface area (Å²) in [6.07, 6.45) is 6.08. The van der Waals surface area contributed by atoms with Crippen LogP contribution < -0.4 is 0 Å². The van der Waals surface area contributed by atoms with Crippen LogP contribution in [0.1, 0.15) is 38.5 Å². The summed E-state index contributed by atoms with van der Waals surface area (Å²) >= 11 is 0. The molecule has 0 bridgehead atoms. The van der Waals surface area contributed by atoms with Crippen LogP contribution in [-0.4, -0.2) is 100 Å². The van der Waals surface area contributed by atoms with E-state index in [1.54, 1.807) is 0 Å². The standard InChI is InChI=1S/C29H72O8Si6/c1-38(2,3)34-42(13,35-39(4,5)6)23-19-15-17-21-32-27-29(25-30,26-31)28-33-22-18-16-20-24-43(14,36-40(7,8)9)37-41(10,11)12/h30-31H,15-28H2,1-14H3. The van der Waals surface area contributed by atoms with Gasteiger partial charge in [-0.2, -0.15) is 0 Å². The van der Waals surface area contributed by atoms with Gasteiger partial charge in [0, 0.05) is 13.2 Å². The number of rotatable bonds is 26. The van der Waals surface area contributed by atoms with Crippen molar-refractivity contribution in [3.63, 3.8) is 0 Å². The third kappa shape index (κ3) is 23.9. The van der Waals surface area contributed by atoms with Crippen molar-refractivity contribution in [2.75, 3.05) is 39.6 Å². The summed E-state index contributed by atoms with van der Waals surface area (Å²) in [5.41, 5.74) is -0.774. The van der Waals surface area contributed by atoms with E-state index >= 15 is 0 Å². The number of ether oxygens (including phenoxy) is 2. The molecule has 0 rings (SSSR count). The quantitative estimate of drug-likeness (QED) is 0.0690. The van der Waals surface area contributed by atoms with Crippen LogP contribution in [0.15, 0.2) is 0 Å². The van der Waals surface area contributed by atoms with E-state index in [1.165, 1.54) is 0 Å². The van der Waals surface area contributed by atoms with Crippen molar-refractivity contribution in [3.05, 3.63) is 0 Å². The lowest BCUT2D eigenvalue weighted by Gasteiger charge is -2.38. The Morgan fingerprint density at radius 1 is 0.419 bits per heavy atom. The average molecular weight is 717 g/mol. The first-order valence-corrected chi connectivity index (χ1v) is 35.2. The highest BCUT2D eigenvalue weighted by molar-refractivity contribution is 6.88. The second-order valence-electron chi connectivity index (χ2n) is 16.7. The largest absolute Gasteiger partial charge is 0.437 e. The number of aliphatic hydroxyl groups is 2. The van der Waals surface area contributed by atoms with Crippen molar-refractivity contribution in [1.82, 2.24) is 0 Å². The molecule has 0 saturated heterocycles. The van der Waals surface area contributed by atoms with Gasteiger partial charge in [-0.25, -0.2) is 0 Å². The zero-order valence-electron chi connectivity index (χ0n) is 30.7. The Bertz CT molecular complexity index is 653. The molecule has 2 N–H and O–H groups in total.